The molecule has 6 nitrogen and oxygen atoms in total. The molecule has 8 heteroatoms. The van der Waals surface area contributed by atoms with Crippen LogP contribution in [-0.2, 0) is 6.54 Å². The Hall–Kier alpha value is -3.78. The van der Waals surface area contributed by atoms with E-state index >= 15 is 0 Å². The van der Waals surface area contributed by atoms with Gasteiger partial charge in [-0.25, -0.2) is 9.18 Å². The number of urea groups is 1. The van der Waals surface area contributed by atoms with Crippen molar-refractivity contribution in [2.75, 3.05) is 0 Å². The van der Waals surface area contributed by atoms with E-state index in [9.17, 15) is 9.18 Å². The lowest BCUT2D eigenvalue weighted by Gasteiger charge is -2.35. The number of aromatic nitrogens is 2. The van der Waals surface area contributed by atoms with Gasteiger partial charge in [0, 0.05) is 5.70 Å². The van der Waals surface area contributed by atoms with Crippen molar-refractivity contribution in [3.63, 3.8) is 0 Å². The van der Waals surface area contributed by atoms with E-state index in [1.54, 1.807) is 17.0 Å². The molecule has 0 aliphatic carbocycles. The first-order valence-corrected chi connectivity index (χ1v) is 10.9. The molecular formula is C24H19FN4O2S. The van der Waals surface area contributed by atoms with Gasteiger partial charge < -0.3 is 9.84 Å². The maximum atomic E-state index is 14.0. The second-order valence-electron chi connectivity index (χ2n) is 7.41. The molecule has 0 radical (unpaired) electrons. The lowest BCUT2D eigenvalue weighted by atomic mass is 9.94. The van der Waals surface area contributed by atoms with E-state index in [4.69, 9.17) is 4.52 Å². The van der Waals surface area contributed by atoms with Crippen LogP contribution in [0, 0.1) is 5.82 Å². The minimum Gasteiger partial charge on any atom is -0.334 e. The number of hydrogen-bond donors (Lipinski definition) is 1. The zero-order valence-corrected chi connectivity index (χ0v) is 18.0. The third-order valence-corrected chi connectivity index (χ3v) is 6.23. The van der Waals surface area contributed by atoms with Crippen molar-refractivity contribution in [3.05, 3.63) is 101 Å². The first-order chi connectivity index (χ1) is 15.6. The van der Waals surface area contributed by atoms with Gasteiger partial charge in [0.15, 0.2) is 0 Å². The zero-order valence-electron chi connectivity index (χ0n) is 17.2. The van der Waals surface area contributed by atoms with Crippen LogP contribution < -0.4 is 5.32 Å². The van der Waals surface area contributed by atoms with Crippen LogP contribution in [0.3, 0.4) is 0 Å². The van der Waals surface area contributed by atoms with Crippen molar-refractivity contribution in [1.29, 1.82) is 0 Å². The van der Waals surface area contributed by atoms with Gasteiger partial charge in [-0.05, 0) is 41.6 Å². The standard InChI is InChI=1S/C24H19FN4O2S/c1-15-20(23-27-22(28-31-23)19-11-6-12-32-19)21(17-9-5-10-18(25)13-17)26-24(30)29(15)14-16-7-3-2-4-8-16/h2-13,21H,14H2,1H3,(H,26,30). The number of carbonyl (C=O) groups excluding carboxylic acids is 1. The molecule has 160 valence electrons. The molecule has 1 unspecified atom stereocenters. The van der Waals surface area contributed by atoms with Gasteiger partial charge in [0.05, 0.1) is 23.0 Å². The predicted molar refractivity (Wildman–Crippen MR) is 120 cm³/mol. The Bertz CT molecular complexity index is 1280. The minimum atomic E-state index is -0.623. The van der Waals surface area contributed by atoms with E-state index in [1.807, 2.05) is 54.8 Å². The molecule has 0 bridgehead atoms. The van der Waals surface area contributed by atoms with Crippen molar-refractivity contribution >= 4 is 22.9 Å². The van der Waals surface area contributed by atoms with Gasteiger partial charge in [-0.2, -0.15) is 4.98 Å². The van der Waals surface area contributed by atoms with Crippen LogP contribution in [0.25, 0.3) is 16.3 Å². The molecular weight excluding hydrogens is 427 g/mol. The summed E-state index contributed by atoms with van der Waals surface area (Å²) in [5.41, 5.74) is 2.90. The van der Waals surface area contributed by atoms with Crippen LogP contribution in [-0.4, -0.2) is 21.1 Å². The maximum Gasteiger partial charge on any atom is 0.322 e. The molecule has 0 saturated carbocycles. The fourth-order valence-corrected chi connectivity index (χ4v) is 4.44. The molecule has 2 aromatic heterocycles. The zero-order chi connectivity index (χ0) is 22.1. The number of benzene rings is 2. The Morgan fingerprint density at radius 2 is 1.97 bits per heavy atom. The molecule has 1 aliphatic rings. The Morgan fingerprint density at radius 3 is 2.72 bits per heavy atom. The Balaban J connectivity index is 1.61. The number of thiophene rings is 1. The minimum absolute atomic E-state index is 0.276. The molecule has 32 heavy (non-hydrogen) atoms. The Labute approximate surface area is 188 Å². The van der Waals surface area contributed by atoms with E-state index in [-0.39, 0.29) is 11.8 Å². The number of nitrogens with zero attached hydrogens (tertiary/aromatic N) is 3. The molecule has 0 spiro atoms. The summed E-state index contributed by atoms with van der Waals surface area (Å²) in [6, 6.07) is 18.8. The van der Waals surface area contributed by atoms with Crippen LogP contribution >= 0.6 is 11.3 Å². The van der Waals surface area contributed by atoms with Gasteiger partial charge >= 0.3 is 6.03 Å². The number of hydrogen-bond acceptors (Lipinski definition) is 5. The van der Waals surface area contributed by atoms with E-state index in [2.05, 4.69) is 15.5 Å². The summed E-state index contributed by atoms with van der Waals surface area (Å²) in [5, 5.41) is 9.06. The first kappa shape index (κ1) is 20.1. The summed E-state index contributed by atoms with van der Waals surface area (Å²) in [6.45, 7) is 2.22. The molecule has 5 rings (SSSR count). The number of allylic oxidation sites excluding steroid dienone is 1. The molecule has 4 aromatic rings. The topological polar surface area (TPSA) is 71.3 Å². The summed E-state index contributed by atoms with van der Waals surface area (Å²) in [5.74, 6) is 0.378. The number of amides is 2. The van der Waals surface area contributed by atoms with Gasteiger partial charge in [0.25, 0.3) is 5.89 Å². The third kappa shape index (κ3) is 3.80. The summed E-state index contributed by atoms with van der Waals surface area (Å²) >= 11 is 1.51. The fourth-order valence-electron chi connectivity index (χ4n) is 3.79. The highest BCUT2D eigenvalue weighted by molar-refractivity contribution is 7.13. The highest BCUT2D eigenvalue weighted by Gasteiger charge is 2.36. The van der Waals surface area contributed by atoms with Crippen LogP contribution in [0.4, 0.5) is 9.18 Å². The predicted octanol–water partition coefficient (Wildman–Crippen LogP) is 5.63. The van der Waals surface area contributed by atoms with E-state index < -0.39 is 6.04 Å². The van der Waals surface area contributed by atoms with Gasteiger partial charge in [0.2, 0.25) is 5.82 Å². The molecule has 0 saturated heterocycles. The lowest BCUT2D eigenvalue weighted by Crippen LogP contribution is -2.45. The maximum absolute atomic E-state index is 14.0. The van der Waals surface area contributed by atoms with Crippen LogP contribution in [0.1, 0.15) is 30.0 Å². The molecule has 3 heterocycles. The van der Waals surface area contributed by atoms with E-state index in [1.165, 1.54) is 23.5 Å². The summed E-state index contributed by atoms with van der Waals surface area (Å²) in [4.78, 5) is 20.2. The van der Waals surface area contributed by atoms with E-state index in [0.29, 0.717) is 35.1 Å². The highest BCUT2D eigenvalue weighted by atomic mass is 32.1. The quantitative estimate of drug-likeness (QED) is 0.431. The van der Waals surface area contributed by atoms with Crippen molar-refractivity contribution in [3.8, 4) is 10.7 Å². The average molecular weight is 447 g/mol. The van der Waals surface area contributed by atoms with Gasteiger partial charge in [-0.3, -0.25) is 4.90 Å². The third-order valence-electron chi connectivity index (χ3n) is 5.36. The van der Waals surface area contributed by atoms with Gasteiger partial charge in [0.1, 0.15) is 5.82 Å². The van der Waals surface area contributed by atoms with Crippen molar-refractivity contribution < 1.29 is 13.7 Å². The van der Waals surface area contributed by atoms with Crippen LogP contribution in [0.2, 0.25) is 0 Å². The molecule has 1 aliphatic heterocycles. The lowest BCUT2D eigenvalue weighted by molar-refractivity contribution is 0.203. The fraction of sp³-hybridized carbons (Fsp3) is 0.125. The van der Waals surface area contributed by atoms with Crippen molar-refractivity contribution in [1.82, 2.24) is 20.4 Å². The summed E-state index contributed by atoms with van der Waals surface area (Å²) < 4.78 is 19.6. The number of nitrogens with one attached hydrogen (secondary N) is 1. The van der Waals surface area contributed by atoms with Crippen LogP contribution in [0.15, 0.2) is 82.3 Å². The molecule has 2 amide bonds. The normalized spacial score (nSPS) is 16.4. The smallest absolute Gasteiger partial charge is 0.322 e. The van der Waals surface area contributed by atoms with E-state index in [0.717, 1.165) is 10.4 Å². The second kappa shape index (κ2) is 8.39. The summed E-state index contributed by atoms with van der Waals surface area (Å²) in [7, 11) is 0. The number of carbonyl (C=O) groups is 1. The number of rotatable bonds is 5. The van der Waals surface area contributed by atoms with Crippen LogP contribution in [0.5, 0.6) is 0 Å². The average Bonchev–Trinajstić information content (AvgIpc) is 3.49. The second-order valence-corrected chi connectivity index (χ2v) is 8.36. The highest BCUT2D eigenvalue weighted by Crippen LogP contribution is 2.38. The Kier molecular flexibility index (Phi) is 5.28. The van der Waals surface area contributed by atoms with Gasteiger partial charge in [-0.15, -0.1) is 11.3 Å². The van der Waals surface area contributed by atoms with Crippen molar-refractivity contribution in [2.45, 2.75) is 19.5 Å². The molecule has 1 N–H and O–H groups in total. The molecule has 0 fully saturated rings. The molecule has 1 atom stereocenters. The number of halogens is 1. The summed E-state index contributed by atoms with van der Waals surface area (Å²) in [6.07, 6.45) is 0. The molecule has 2 aromatic carbocycles. The monoisotopic (exact) mass is 446 g/mol. The largest absolute Gasteiger partial charge is 0.334 e. The van der Waals surface area contributed by atoms with Crippen molar-refractivity contribution in [2.24, 2.45) is 0 Å². The Morgan fingerprint density at radius 1 is 1.12 bits per heavy atom. The SMILES string of the molecule is CC1=C(c2nc(-c3cccs3)no2)C(c2cccc(F)c2)NC(=O)N1Cc1ccccc1. The first-order valence-electron chi connectivity index (χ1n) is 10.1. The van der Waals surface area contributed by atoms with Gasteiger partial charge in [-0.1, -0.05) is 53.7 Å².